The first-order chi connectivity index (χ1) is 13.9. The number of rotatable bonds is 4. The highest BCUT2D eigenvalue weighted by Gasteiger charge is 2.33. The summed E-state index contributed by atoms with van der Waals surface area (Å²) in [5, 5.41) is 3.72. The van der Waals surface area contributed by atoms with Gasteiger partial charge in [-0.15, -0.1) is 0 Å². The minimum Gasteiger partial charge on any atom is -0.326 e. The fraction of sp³-hybridized carbons (Fsp3) is 0.273. The van der Waals surface area contributed by atoms with E-state index in [1.807, 2.05) is 49.4 Å². The number of pyridine rings is 1. The van der Waals surface area contributed by atoms with Crippen molar-refractivity contribution in [3.63, 3.8) is 0 Å². The Kier molecular flexibility index (Phi) is 5.34. The average Bonchev–Trinajstić information content (AvgIpc) is 2.74. The van der Waals surface area contributed by atoms with E-state index in [4.69, 9.17) is 0 Å². The second-order valence-electron chi connectivity index (χ2n) is 7.37. The normalized spacial score (nSPS) is 16.0. The third kappa shape index (κ3) is 4.02. The molecular weight excluding hydrogens is 386 g/mol. The number of nitrogens with one attached hydrogen (secondary N) is 1. The van der Waals surface area contributed by atoms with Gasteiger partial charge in [-0.2, -0.15) is 4.31 Å². The number of aromatic nitrogens is 1. The maximum Gasteiger partial charge on any atom is 0.245 e. The number of piperidine rings is 1. The molecule has 0 aliphatic carbocycles. The van der Waals surface area contributed by atoms with Crippen molar-refractivity contribution in [1.29, 1.82) is 0 Å². The maximum atomic E-state index is 13.2. The van der Waals surface area contributed by atoms with Crippen LogP contribution >= 0.6 is 0 Å². The SMILES string of the molecule is Cc1cnc2c(S(=O)(=O)N3CCC(C(=O)Nc4ccccc4)CC3)cccc2c1. The van der Waals surface area contributed by atoms with E-state index < -0.39 is 10.0 Å². The number of sulfonamides is 1. The quantitative estimate of drug-likeness (QED) is 0.714. The van der Waals surface area contributed by atoms with Crippen molar-refractivity contribution >= 4 is 32.5 Å². The summed E-state index contributed by atoms with van der Waals surface area (Å²) in [6.45, 7) is 2.56. The first-order valence-corrected chi connectivity index (χ1v) is 11.1. The van der Waals surface area contributed by atoms with Gasteiger partial charge in [-0.25, -0.2) is 8.42 Å². The average molecular weight is 410 g/mol. The van der Waals surface area contributed by atoms with Crippen LogP contribution in [0.2, 0.25) is 0 Å². The third-order valence-electron chi connectivity index (χ3n) is 5.29. The number of carbonyl (C=O) groups is 1. The van der Waals surface area contributed by atoms with Crippen LogP contribution in [0.15, 0.2) is 65.7 Å². The topological polar surface area (TPSA) is 79.4 Å². The molecule has 1 aliphatic rings. The van der Waals surface area contributed by atoms with E-state index in [0.29, 0.717) is 31.4 Å². The van der Waals surface area contributed by atoms with Crippen molar-refractivity contribution in [3.8, 4) is 0 Å². The molecule has 0 radical (unpaired) electrons. The number of nitrogens with zero attached hydrogens (tertiary/aromatic N) is 2. The molecule has 29 heavy (non-hydrogen) atoms. The molecule has 3 aromatic rings. The van der Waals surface area contributed by atoms with Crippen molar-refractivity contribution in [2.75, 3.05) is 18.4 Å². The van der Waals surface area contributed by atoms with Crippen LogP contribution in [0.5, 0.6) is 0 Å². The molecule has 0 bridgehead atoms. The first kappa shape index (κ1) is 19.5. The summed E-state index contributed by atoms with van der Waals surface area (Å²) in [5.74, 6) is -0.259. The Bertz CT molecular complexity index is 1140. The molecule has 1 aliphatic heterocycles. The van der Waals surface area contributed by atoms with E-state index in [0.717, 1.165) is 16.6 Å². The lowest BCUT2D eigenvalue weighted by atomic mass is 9.97. The van der Waals surface area contributed by atoms with Gasteiger partial charge in [-0.05, 0) is 49.6 Å². The van der Waals surface area contributed by atoms with E-state index in [2.05, 4.69) is 10.3 Å². The van der Waals surface area contributed by atoms with Gasteiger partial charge in [0.15, 0.2) is 0 Å². The van der Waals surface area contributed by atoms with E-state index >= 15 is 0 Å². The molecule has 0 atom stereocenters. The number of carbonyl (C=O) groups excluding carboxylic acids is 1. The van der Waals surface area contributed by atoms with Gasteiger partial charge >= 0.3 is 0 Å². The molecule has 2 aromatic carbocycles. The number of anilines is 1. The minimum absolute atomic E-state index is 0.0597. The zero-order valence-corrected chi connectivity index (χ0v) is 17.0. The summed E-state index contributed by atoms with van der Waals surface area (Å²) in [7, 11) is -3.67. The highest BCUT2D eigenvalue weighted by Crippen LogP contribution is 2.28. The number of aryl methyl sites for hydroxylation is 1. The van der Waals surface area contributed by atoms with E-state index in [-0.39, 0.29) is 16.7 Å². The van der Waals surface area contributed by atoms with Crippen LogP contribution in [0.4, 0.5) is 5.69 Å². The van der Waals surface area contributed by atoms with Crippen LogP contribution in [0.1, 0.15) is 18.4 Å². The Morgan fingerprint density at radius 1 is 1.07 bits per heavy atom. The van der Waals surface area contributed by atoms with Crippen molar-refractivity contribution in [1.82, 2.24) is 9.29 Å². The molecular formula is C22H23N3O3S. The Hall–Kier alpha value is -2.77. The third-order valence-corrected chi connectivity index (χ3v) is 7.22. The summed E-state index contributed by atoms with van der Waals surface area (Å²) in [6.07, 6.45) is 2.67. The molecule has 4 rings (SSSR count). The molecule has 0 unspecified atom stereocenters. The summed E-state index contributed by atoms with van der Waals surface area (Å²) in [5.41, 5.74) is 2.23. The molecule has 1 fully saturated rings. The molecule has 1 amide bonds. The monoisotopic (exact) mass is 409 g/mol. The van der Waals surface area contributed by atoms with Crippen LogP contribution in [-0.4, -0.2) is 36.7 Å². The van der Waals surface area contributed by atoms with Crippen LogP contribution in [0.25, 0.3) is 10.9 Å². The Morgan fingerprint density at radius 2 is 1.79 bits per heavy atom. The van der Waals surface area contributed by atoms with Gasteiger partial charge in [0.2, 0.25) is 15.9 Å². The second-order valence-corrected chi connectivity index (χ2v) is 9.28. The summed E-state index contributed by atoms with van der Waals surface area (Å²) < 4.78 is 27.9. The van der Waals surface area contributed by atoms with Crippen molar-refractivity contribution in [2.24, 2.45) is 5.92 Å². The lowest BCUT2D eigenvalue weighted by Crippen LogP contribution is -2.41. The van der Waals surface area contributed by atoms with Crippen molar-refractivity contribution in [2.45, 2.75) is 24.7 Å². The molecule has 7 heteroatoms. The van der Waals surface area contributed by atoms with Gasteiger partial charge in [-0.1, -0.05) is 30.3 Å². The first-order valence-electron chi connectivity index (χ1n) is 9.66. The van der Waals surface area contributed by atoms with E-state index in [9.17, 15) is 13.2 Å². The van der Waals surface area contributed by atoms with Crippen molar-refractivity contribution < 1.29 is 13.2 Å². The predicted octanol–water partition coefficient (Wildman–Crippen LogP) is 3.58. The zero-order valence-electron chi connectivity index (χ0n) is 16.2. The molecule has 150 valence electrons. The number of benzene rings is 2. The fourth-order valence-corrected chi connectivity index (χ4v) is 5.35. The highest BCUT2D eigenvalue weighted by atomic mass is 32.2. The van der Waals surface area contributed by atoms with Crippen LogP contribution < -0.4 is 5.32 Å². The standard InChI is InChI=1S/C22H23N3O3S/c1-16-14-18-6-5-9-20(21(18)23-15-16)29(27,28)25-12-10-17(11-13-25)22(26)24-19-7-3-2-4-8-19/h2-9,14-15,17H,10-13H2,1H3,(H,24,26). The molecule has 2 heterocycles. The molecule has 1 saturated heterocycles. The van der Waals surface area contributed by atoms with Gasteiger partial charge in [0.1, 0.15) is 4.90 Å². The minimum atomic E-state index is -3.67. The van der Waals surface area contributed by atoms with E-state index in [1.54, 1.807) is 18.3 Å². The largest absolute Gasteiger partial charge is 0.326 e. The zero-order chi connectivity index (χ0) is 20.4. The number of para-hydroxylation sites is 2. The van der Waals surface area contributed by atoms with Crippen LogP contribution in [0, 0.1) is 12.8 Å². The van der Waals surface area contributed by atoms with Gasteiger partial charge in [-0.3, -0.25) is 9.78 Å². The van der Waals surface area contributed by atoms with Gasteiger partial charge < -0.3 is 5.32 Å². The summed E-state index contributed by atoms with van der Waals surface area (Å²) in [4.78, 5) is 17.1. The number of hydrogen-bond donors (Lipinski definition) is 1. The maximum absolute atomic E-state index is 13.2. The van der Waals surface area contributed by atoms with Crippen LogP contribution in [-0.2, 0) is 14.8 Å². The van der Waals surface area contributed by atoms with Gasteiger partial charge in [0.25, 0.3) is 0 Å². The van der Waals surface area contributed by atoms with Crippen LogP contribution in [0.3, 0.4) is 0 Å². The molecule has 1 N–H and O–H groups in total. The Labute approximate surface area is 170 Å². The van der Waals surface area contributed by atoms with E-state index in [1.165, 1.54) is 4.31 Å². The molecule has 1 aromatic heterocycles. The molecule has 6 nitrogen and oxygen atoms in total. The summed E-state index contributed by atoms with van der Waals surface area (Å²) >= 11 is 0. The lowest BCUT2D eigenvalue weighted by molar-refractivity contribution is -0.120. The predicted molar refractivity (Wildman–Crippen MR) is 113 cm³/mol. The fourth-order valence-electron chi connectivity index (χ4n) is 3.71. The smallest absolute Gasteiger partial charge is 0.245 e. The Balaban J connectivity index is 1.49. The molecule has 0 spiro atoms. The second kappa shape index (κ2) is 7.93. The van der Waals surface area contributed by atoms with Gasteiger partial charge in [0.05, 0.1) is 5.52 Å². The lowest BCUT2D eigenvalue weighted by Gasteiger charge is -2.30. The number of hydrogen-bond acceptors (Lipinski definition) is 4. The van der Waals surface area contributed by atoms with Gasteiger partial charge in [0, 0.05) is 36.3 Å². The van der Waals surface area contributed by atoms with Crippen molar-refractivity contribution in [3.05, 3.63) is 66.4 Å². The number of amides is 1. The number of fused-ring (bicyclic) bond motifs is 1. The summed E-state index contributed by atoms with van der Waals surface area (Å²) in [6, 6.07) is 16.5. The highest BCUT2D eigenvalue weighted by molar-refractivity contribution is 7.89. The Morgan fingerprint density at radius 3 is 2.52 bits per heavy atom. The molecule has 0 saturated carbocycles.